The molecule has 0 heterocycles. The van der Waals surface area contributed by atoms with Crippen molar-refractivity contribution in [2.45, 2.75) is 130 Å². The molecule has 0 rings (SSSR count). The van der Waals surface area contributed by atoms with Crippen LogP contribution in [0, 0.1) is 5.92 Å². The third-order valence-electron chi connectivity index (χ3n) is 4.94. The van der Waals surface area contributed by atoms with E-state index >= 15 is 0 Å². The first-order valence-electron chi connectivity index (χ1n) is 10.8. The van der Waals surface area contributed by atoms with Crippen molar-refractivity contribution in [2.75, 3.05) is 6.61 Å². The van der Waals surface area contributed by atoms with Crippen molar-refractivity contribution in [3.63, 3.8) is 0 Å². The SMILES string of the molecule is CCCCCCCCCCCCCC(C)CC(C)OCCCC. The Bertz CT molecular complexity index is 214. The highest BCUT2D eigenvalue weighted by molar-refractivity contribution is 4.60. The number of ether oxygens (including phenoxy) is 1. The molecule has 23 heavy (non-hydrogen) atoms. The molecule has 0 aromatic heterocycles. The predicted molar refractivity (Wildman–Crippen MR) is 105 cm³/mol. The van der Waals surface area contributed by atoms with Crippen molar-refractivity contribution in [3.05, 3.63) is 0 Å². The highest BCUT2D eigenvalue weighted by atomic mass is 16.5. The van der Waals surface area contributed by atoms with Gasteiger partial charge in [-0.3, -0.25) is 0 Å². The zero-order valence-electron chi connectivity index (χ0n) is 16.9. The molecule has 0 amide bonds. The van der Waals surface area contributed by atoms with Crippen molar-refractivity contribution >= 4 is 0 Å². The lowest BCUT2D eigenvalue weighted by molar-refractivity contribution is 0.0475. The first kappa shape index (κ1) is 23.0. The molecular formula is C22H46O. The largest absolute Gasteiger partial charge is 0.379 e. The molecule has 0 radical (unpaired) electrons. The van der Waals surface area contributed by atoms with E-state index in [-0.39, 0.29) is 0 Å². The molecule has 1 heteroatoms. The first-order valence-corrected chi connectivity index (χ1v) is 10.8. The van der Waals surface area contributed by atoms with Gasteiger partial charge in [0.25, 0.3) is 0 Å². The van der Waals surface area contributed by atoms with Crippen LogP contribution in [0.3, 0.4) is 0 Å². The molecule has 1 nitrogen and oxygen atoms in total. The Hall–Kier alpha value is -0.0400. The third-order valence-corrected chi connectivity index (χ3v) is 4.94. The van der Waals surface area contributed by atoms with Crippen molar-refractivity contribution in [1.82, 2.24) is 0 Å². The summed E-state index contributed by atoms with van der Waals surface area (Å²) in [7, 11) is 0. The number of rotatable bonds is 18. The van der Waals surface area contributed by atoms with E-state index < -0.39 is 0 Å². The topological polar surface area (TPSA) is 9.23 Å². The molecule has 140 valence electrons. The molecule has 0 aliphatic heterocycles. The van der Waals surface area contributed by atoms with Crippen LogP contribution in [-0.4, -0.2) is 12.7 Å². The second-order valence-electron chi connectivity index (χ2n) is 7.70. The lowest BCUT2D eigenvalue weighted by Crippen LogP contribution is -2.13. The van der Waals surface area contributed by atoms with Gasteiger partial charge in [-0.15, -0.1) is 0 Å². The Kier molecular flexibility index (Phi) is 18.3. The van der Waals surface area contributed by atoms with E-state index in [0.717, 1.165) is 12.5 Å². The first-order chi connectivity index (χ1) is 11.2. The van der Waals surface area contributed by atoms with Gasteiger partial charge in [0.05, 0.1) is 6.10 Å². The Balaban J connectivity index is 3.24. The molecule has 0 saturated carbocycles. The monoisotopic (exact) mass is 326 g/mol. The van der Waals surface area contributed by atoms with E-state index in [2.05, 4.69) is 27.7 Å². The number of hydrogen-bond acceptors (Lipinski definition) is 1. The Morgan fingerprint density at radius 1 is 0.609 bits per heavy atom. The van der Waals surface area contributed by atoms with Gasteiger partial charge in [-0.25, -0.2) is 0 Å². The Labute approximate surface area is 148 Å². The Morgan fingerprint density at radius 2 is 1.09 bits per heavy atom. The standard InChI is InChI=1S/C22H46O/c1-5-7-9-10-11-12-13-14-15-16-17-18-21(3)20-22(4)23-19-8-6-2/h21-22H,5-20H2,1-4H3. The third kappa shape index (κ3) is 18.1. The minimum atomic E-state index is 0.448. The van der Waals surface area contributed by atoms with Crippen LogP contribution in [0.2, 0.25) is 0 Å². The molecule has 0 fully saturated rings. The van der Waals surface area contributed by atoms with Gasteiger partial charge in [0.1, 0.15) is 0 Å². The smallest absolute Gasteiger partial charge is 0.0549 e. The highest BCUT2D eigenvalue weighted by Gasteiger charge is 2.08. The quantitative estimate of drug-likeness (QED) is 0.232. The molecule has 0 saturated heterocycles. The van der Waals surface area contributed by atoms with Crippen molar-refractivity contribution in [1.29, 1.82) is 0 Å². The van der Waals surface area contributed by atoms with Crippen molar-refractivity contribution < 1.29 is 4.74 Å². The van der Waals surface area contributed by atoms with Gasteiger partial charge in [0, 0.05) is 6.61 Å². The zero-order valence-corrected chi connectivity index (χ0v) is 16.9. The van der Waals surface area contributed by atoms with E-state index in [1.54, 1.807) is 0 Å². The summed E-state index contributed by atoms with van der Waals surface area (Å²) in [6.07, 6.45) is 21.4. The van der Waals surface area contributed by atoms with E-state index in [9.17, 15) is 0 Å². The second-order valence-corrected chi connectivity index (χ2v) is 7.70. The van der Waals surface area contributed by atoms with Gasteiger partial charge in [-0.2, -0.15) is 0 Å². The Morgan fingerprint density at radius 3 is 1.61 bits per heavy atom. The van der Waals surface area contributed by atoms with Gasteiger partial charge >= 0.3 is 0 Å². The van der Waals surface area contributed by atoms with Crippen LogP contribution in [0.5, 0.6) is 0 Å². The molecule has 0 spiro atoms. The van der Waals surface area contributed by atoms with Crippen LogP contribution >= 0.6 is 0 Å². The van der Waals surface area contributed by atoms with Crippen LogP contribution < -0.4 is 0 Å². The summed E-state index contributed by atoms with van der Waals surface area (Å²) in [5, 5.41) is 0. The lowest BCUT2D eigenvalue weighted by atomic mass is 9.96. The summed E-state index contributed by atoms with van der Waals surface area (Å²) in [6.45, 7) is 10.1. The van der Waals surface area contributed by atoms with Gasteiger partial charge < -0.3 is 4.74 Å². The molecule has 0 aromatic carbocycles. The summed E-state index contributed by atoms with van der Waals surface area (Å²) in [6, 6.07) is 0. The van der Waals surface area contributed by atoms with Gasteiger partial charge in [0.2, 0.25) is 0 Å². The van der Waals surface area contributed by atoms with Crippen LogP contribution in [0.4, 0.5) is 0 Å². The van der Waals surface area contributed by atoms with Gasteiger partial charge in [-0.05, 0) is 25.7 Å². The normalized spacial score (nSPS) is 14.1. The zero-order chi connectivity index (χ0) is 17.2. The van der Waals surface area contributed by atoms with Crippen molar-refractivity contribution in [2.24, 2.45) is 5.92 Å². The van der Waals surface area contributed by atoms with E-state index in [1.807, 2.05) is 0 Å². The van der Waals surface area contributed by atoms with Crippen LogP contribution in [0.25, 0.3) is 0 Å². The van der Waals surface area contributed by atoms with E-state index in [4.69, 9.17) is 4.74 Å². The molecule has 2 unspecified atom stereocenters. The minimum absolute atomic E-state index is 0.448. The van der Waals surface area contributed by atoms with Gasteiger partial charge in [0.15, 0.2) is 0 Å². The summed E-state index contributed by atoms with van der Waals surface area (Å²) in [4.78, 5) is 0. The molecule has 0 aliphatic rings. The molecular weight excluding hydrogens is 280 g/mol. The molecule has 2 atom stereocenters. The number of hydrogen-bond donors (Lipinski definition) is 0. The summed E-state index contributed by atoms with van der Waals surface area (Å²) >= 11 is 0. The lowest BCUT2D eigenvalue weighted by Gasteiger charge is -2.18. The summed E-state index contributed by atoms with van der Waals surface area (Å²) in [5.41, 5.74) is 0. The average Bonchev–Trinajstić information content (AvgIpc) is 2.52. The van der Waals surface area contributed by atoms with Crippen molar-refractivity contribution in [3.8, 4) is 0 Å². The van der Waals surface area contributed by atoms with E-state index in [1.165, 1.54) is 96.3 Å². The molecule has 0 aliphatic carbocycles. The van der Waals surface area contributed by atoms with Gasteiger partial charge in [-0.1, -0.05) is 104 Å². The molecule has 0 N–H and O–H groups in total. The summed E-state index contributed by atoms with van der Waals surface area (Å²) < 4.78 is 5.86. The van der Waals surface area contributed by atoms with Crippen LogP contribution in [0.1, 0.15) is 124 Å². The second kappa shape index (κ2) is 18.3. The maximum absolute atomic E-state index is 5.86. The average molecular weight is 327 g/mol. The maximum atomic E-state index is 5.86. The summed E-state index contributed by atoms with van der Waals surface area (Å²) in [5.74, 6) is 0.824. The molecule has 0 bridgehead atoms. The minimum Gasteiger partial charge on any atom is -0.379 e. The maximum Gasteiger partial charge on any atom is 0.0549 e. The van der Waals surface area contributed by atoms with Crippen LogP contribution in [-0.2, 0) is 4.74 Å². The fourth-order valence-electron chi connectivity index (χ4n) is 3.34. The fraction of sp³-hybridized carbons (Fsp3) is 1.00. The molecule has 0 aromatic rings. The van der Waals surface area contributed by atoms with Crippen LogP contribution in [0.15, 0.2) is 0 Å². The predicted octanol–water partition coefficient (Wildman–Crippen LogP) is 7.92. The fourth-order valence-corrected chi connectivity index (χ4v) is 3.34. The van der Waals surface area contributed by atoms with E-state index in [0.29, 0.717) is 6.10 Å². The number of unbranched alkanes of at least 4 members (excludes halogenated alkanes) is 11. The highest BCUT2D eigenvalue weighted by Crippen LogP contribution is 2.18.